The minimum absolute atomic E-state index is 0.212. The van der Waals surface area contributed by atoms with Gasteiger partial charge in [-0.2, -0.15) is 0 Å². The molecule has 17 heavy (non-hydrogen) atoms. The molecule has 1 amide bonds. The van der Waals surface area contributed by atoms with Gasteiger partial charge in [-0.3, -0.25) is 4.79 Å². The van der Waals surface area contributed by atoms with E-state index in [0.29, 0.717) is 12.0 Å². The van der Waals surface area contributed by atoms with Crippen molar-refractivity contribution in [3.05, 3.63) is 23.5 Å². The molecule has 0 aliphatic carbocycles. The van der Waals surface area contributed by atoms with Gasteiger partial charge in [0.15, 0.2) is 0 Å². The Bertz CT molecular complexity index is 410. The van der Waals surface area contributed by atoms with Crippen LogP contribution in [-0.4, -0.2) is 28.0 Å². The van der Waals surface area contributed by atoms with Crippen LogP contribution in [0.4, 0.5) is 0 Å². The lowest BCUT2D eigenvalue weighted by atomic mass is 10.0. The summed E-state index contributed by atoms with van der Waals surface area (Å²) in [6.45, 7) is 5.64. The second-order valence-electron chi connectivity index (χ2n) is 4.55. The Labute approximate surface area is 100 Å². The van der Waals surface area contributed by atoms with Crippen molar-refractivity contribution in [2.45, 2.75) is 33.2 Å². The van der Waals surface area contributed by atoms with Crippen molar-refractivity contribution >= 4 is 11.9 Å². The van der Waals surface area contributed by atoms with Crippen LogP contribution in [0, 0.1) is 12.8 Å². The standard InChI is InChI=1S/C12H18N2O3/c1-7(2)4-10(12(16)17)14-11(15)9-6-13-5-8(9)3/h5-7,10,13H,4H2,1-3H3,(H,14,15)(H,16,17). The van der Waals surface area contributed by atoms with Gasteiger partial charge in [0.1, 0.15) is 6.04 Å². The van der Waals surface area contributed by atoms with Crippen LogP contribution in [0.1, 0.15) is 36.2 Å². The Morgan fingerprint density at radius 3 is 2.47 bits per heavy atom. The summed E-state index contributed by atoms with van der Waals surface area (Å²) < 4.78 is 0. The normalized spacial score (nSPS) is 12.5. The van der Waals surface area contributed by atoms with E-state index < -0.39 is 12.0 Å². The van der Waals surface area contributed by atoms with Gasteiger partial charge >= 0.3 is 5.97 Å². The van der Waals surface area contributed by atoms with E-state index in [1.165, 1.54) is 0 Å². The molecular formula is C12H18N2O3. The number of rotatable bonds is 5. The SMILES string of the molecule is Cc1c[nH]cc1C(=O)NC(CC(C)C)C(=O)O. The molecule has 1 heterocycles. The first kappa shape index (κ1) is 13.3. The van der Waals surface area contributed by atoms with Crippen LogP contribution in [-0.2, 0) is 4.79 Å². The number of aromatic nitrogens is 1. The number of hydrogen-bond acceptors (Lipinski definition) is 2. The summed E-state index contributed by atoms with van der Waals surface area (Å²) in [6, 6.07) is -0.836. The van der Waals surface area contributed by atoms with Gasteiger partial charge in [-0.25, -0.2) is 4.79 Å². The topological polar surface area (TPSA) is 82.2 Å². The predicted octanol–water partition coefficient (Wildman–Crippen LogP) is 1.55. The number of aliphatic carboxylic acids is 1. The zero-order valence-corrected chi connectivity index (χ0v) is 10.3. The lowest BCUT2D eigenvalue weighted by Crippen LogP contribution is -2.41. The first-order chi connectivity index (χ1) is 7.91. The Hall–Kier alpha value is -1.78. The highest BCUT2D eigenvalue weighted by molar-refractivity contribution is 5.97. The van der Waals surface area contributed by atoms with Crippen molar-refractivity contribution in [2.75, 3.05) is 0 Å². The maximum absolute atomic E-state index is 11.8. The van der Waals surface area contributed by atoms with Crippen LogP contribution in [0.15, 0.2) is 12.4 Å². The second kappa shape index (κ2) is 5.52. The maximum Gasteiger partial charge on any atom is 0.326 e. The molecule has 0 saturated heterocycles. The van der Waals surface area contributed by atoms with Gasteiger partial charge in [-0.05, 0) is 24.8 Å². The fourth-order valence-electron chi connectivity index (χ4n) is 1.62. The highest BCUT2D eigenvalue weighted by atomic mass is 16.4. The van der Waals surface area contributed by atoms with E-state index >= 15 is 0 Å². The number of carbonyl (C=O) groups is 2. The number of amides is 1. The summed E-state index contributed by atoms with van der Waals surface area (Å²) >= 11 is 0. The van der Waals surface area contributed by atoms with Crippen molar-refractivity contribution in [2.24, 2.45) is 5.92 Å². The van der Waals surface area contributed by atoms with Crippen LogP contribution >= 0.6 is 0 Å². The van der Waals surface area contributed by atoms with E-state index in [0.717, 1.165) is 5.56 Å². The molecule has 1 aromatic heterocycles. The molecule has 1 atom stereocenters. The molecule has 1 rings (SSSR count). The molecule has 1 aromatic rings. The Morgan fingerprint density at radius 2 is 2.06 bits per heavy atom. The van der Waals surface area contributed by atoms with E-state index in [9.17, 15) is 9.59 Å². The largest absolute Gasteiger partial charge is 0.480 e. The molecule has 0 aliphatic rings. The molecule has 5 heteroatoms. The number of H-pyrrole nitrogens is 1. The highest BCUT2D eigenvalue weighted by Gasteiger charge is 2.22. The molecule has 5 nitrogen and oxygen atoms in total. The van der Waals surface area contributed by atoms with Crippen LogP contribution in [0.25, 0.3) is 0 Å². The molecule has 0 bridgehead atoms. The Kier molecular flexibility index (Phi) is 4.31. The van der Waals surface area contributed by atoms with Gasteiger partial charge in [0.2, 0.25) is 0 Å². The highest BCUT2D eigenvalue weighted by Crippen LogP contribution is 2.09. The number of carboxylic acids is 1. The monoisotopic (exact) mass is 238 g/mol. The number of hydrogen-bond donors (Lipinski definition) is 3. The summed E-state index contributed by atoms with van der Waals surface area (Å²) in [7, 11) is 0. The minimum Gasteiger partial charge on any atom is -0.480 e. The number of carboxylic acid groups (broad SMARTS) is 1. The lowest BCUT2D eigenvalue weighted by Gasteiger charge is -2.16. The molecule has 0 aliphatic heterocycles. The summed E-state index contributed by atoms with van der Waals surface area (Å²) in [5, 5.41) is 11.5. The zero-order chi connectivity index (χ0) is 13.0. The van der Waals surface area contributed by atoms with Gasteiger partial charge in [-0.15, -0.1) is 0 Å². The summed E-state index contributed by atoms with van der Waals surface area (Å²) in [5.74, 6) is -1.14. The Balaban J connectivity index is 2.71. The number of nitrogens with one attached hydrogen (secondary N) is 2. The van der Waals surface area contributed by atoms with Crippen molar-refractivity contribution in [3.63, 3.8) is 0 Å². The average Bonchev–Trinajstić information content (AvgIpc) is 2.62. The summed E-state index contributed by atoms with van der Waals surface area (Å²) in [6.07, 6.45) is 3.69. The predicted molar refractivity (Wildman–Crippen MR) is 63.9 cm³/mol. The average molecular weight is 238 g/mol. The third-order valence-corrected chi connectivity index (χ3v) is 2.51. The number of aryl methyl sites for hydroxylation is 1. The van der Waals surface area contributed by atoms with E-state index in [2.05, 4.69) is 10.3 Å². The van der Waals surface area contributed by atoms with Crippen LogP contribution in [0.5, 0.6) is 0 Å². The third kappa shape index (κ3) is 3.62. The van der Waals surface area contributed by atoms with Crippen LogP contribution in [0.3, 0.4) is 0 Å². The molecule has 0 aromatic carbocycles. The number of aromatic amines is 1. The quantitative estimate of drug-likeness (QED) is 0.728. The molecule has 0 fully saturated rings. The molecule has 0 saturated carbocycles. The summed E-state index contributed by atoms with van der Waals surface area (Å²) in [4.78, 5) is 25.6. The van der Waals surface area contributed by atoms with E-state index in [1.807, 2.05) is 13.8 Å². The molecule has 1 unspecified atom stereocenters. The second-order valence-corrected chi connectivity index (χ2v) is 4.55. The number of carbonyl (C=O) groups excluding carboxylic acids is 1. The lowest BCUT2D eigenvalue weighted by molar-refractivity contribution is -0.139. The van der Waals surface area contributed by atoms with Gasteiger partial charge < -0.3 is 15.4 Å². The molecule has 0 spiro atoms. The van der Waals surface area contributed by atoms with Gasteiger partial charge in [0, 0.05) is 12.4 Å². The van der Waals surface area contributed by atoms with Crippen molar-refractivity contribution in [1.29, 1.82) is 0 Å². The van der Waals surface area contributed by atoms with Gasteiger partial charge in [0.05, 0.1) is 5.56 Å². The van der Waals surface area contributed by atoms with Crippen LogP contribution < -0.4 is 5.32 Å². The first-order valence-electron chi connectivity index (χ1n) is 5.59. The molecule has 94 valence electrons. The van der Waals surface area contributed by atoms with Crippen LogP contribution in [0.2, 0.25) is 0 Å². The van der Waals surface area contributed by atoms with Crippen molar-refractivity contribution in [3.8, 4) is 0 Å². The van der Waals surface area contributed by atoms with Gasteiger partial charge in [-0.1, -0.05) is 13.8 Å². The van der Waals surface area contributed by atoms with E-state index in [1.54, 1.807) is 19.3 Å². The van der Waals surface area contributed by atoms with Crippen molar-refractivity contribution in [1.82, 2.24) is 10.3 Å². The van der Waals surface area contributed by atoms with Gasteiger partial charge in [0.25, 0.3) is 5.91 Å². The molecule has 3 N–H and O–H groups in total. The third-order valence-electron chi connectivity index (χ3n) is 2.51. The first-order valence-corrected chi connectivity index (χ1v) is 5.59. The maximum atomic E-state index is 11.8. The summed E-state index contributed by atoms with van der Waals surface area (Å²) in [5.41, 5.74) is 1.29. The zero-order valence-electron chi connectivity index (χ0n) is 10.3. The van der Waals surface area contributed by atoms with Crippen molar-refractivity contribution < 1.29 is 14.7 Å². The molecular weight excluding hydrogens is 220 g/mol. The fourth-order valence-corrected chi connectivity index (χ4v) is 1.62. The smallest absolute Gasteiger partial charge is 0.326 e. The Morgan fingerprint density at radius 1 is 1.41 bits per heavy atom. The van der Waals surface area contributed by atoms with E-state index in [4.69, 9.17) is 5.11 Å². The minimum atomic E-state index is -1.000. The fraction of sp³-hybridized carbons (Fsp3) is 0.500. The van der Waals surface area contributed by atoms with E-state index in [-0.39, 0.29) is 11.8 Å². The molecule has 0 radical (unpaired) electrons.